The molecule has 0 aliphatic heterocycles. The number of benzene rings is 2. The van der Waals surface area contributed by atoms with Gasteiger partial charge in [-0.15, -0.1) is 11.8 Å². The van der Waals surface area contributed by atoms with Gasteiger partial charge in [0.1, 0.15) is 5.82 Å². The van der Waals surface area contributed by atoms with Crippen molar-refractivity contribution in [1.29, 1.82) is 0 Å². The molecule has 4 heteroatoms. The Kier molecular flexibility index (Phi) is 5.02. The number of carbonyl (C=O) groups excluding carboxylic acids is 1. The molecule has 0 aromatic heterocycles. The average Bonchev–Trinajstić information content (AvgIpc) is 2.42. The second-order valence-corrected chi connectivity index (χ2v) is 6.72. The summed E-state index contributed by atoms with van der Waals surface area (Å²) in [5, 5.41) is 3.01. The highest BCUT2D eigenvalue weighted by atomic mass is 32.2. The molecule has 1 N–H and O–H groups in total. The van der Waals surface area contributed by atoms with Gasteiger partial charge < -0.3 is 5.32 Å². The molecule has 0 unspecified atom stereocenters. The minimum atomic E-state index is -0.419. The fourth-order valence-electron chi connectivity index (χ4n) is 1.92. The molecular weight excluding hydrogens is 285 g/mol. The van der Waals surface area contributed by atoms with Crippen LogP contribution in [0.4, 0.5) is 10.1 Å². The van der Waals surface area contributed by atoms with Gasteiger partial charge in [-0.05, 0) is 36.8 Å². The standard InChI is InChI=1S/C17H18FNOS/c1-11(2)21-16-7-5-4-6-13(16)17(20)19-15-9-8-12(3)10-14(15)18/h4-11H,1-3H3,(H,19,20). The summed E-state index contributed by atoms with van der Waals surface area (Å²) in [6, 6.07) is 12.1. The molecule has 0 atom stereocenters. The van der Waals surface area contributed by atoms with Crippen LogP contribution in [-0.4, -0.2) is 11.2 Å². The molecule has 0 radical (unpaired) electrons. The summed E-state index contributed by atoms with van der Waals surface area (Å²) in [5.41, 5.74) is 1.59. The van der Waals surface area contributed by atoms with E-state index in [1.165, 1.54) is 6.07 Å². The molecule has 0 heterocycles. The molecule has 2 aromatic rings. The van der Waals surface area contributed by atoms with Crippen molar-refractivity contribution in [2.45, 2.75) is 30.9 Å². The maximum absolute atomic E-state index is 13.8. The summed E-state index contributed by atoms with van der Waals surface area (Å²) in [4.78, 5) is 13.3. The minimum Gasteiger partial charge on any atom is -0.319 e. The lowest BCUT2D eigenvalue weighted by Crippen LogP contribution is -2.14. The Morgan fingerprint density at radius 2 is 1.90 bits per heavy atom. The molecule has 2 aromatic carbocycles. The van der Waals surface area contributed by atoms with Crippen LogP contribution < -0.4 is 5.32 Å². The zero-order valence-electron chi connectivity index (χ0n) is 12.3. The molecule has 0 spiro atoms. The van der Waals surface area contributed by atoms with E-state index < -0.39 is 5.82 Å². The highest BCUT2D eigenvalue weighted by molar-refractivity contribution is 8.00. The monoisotopic (exact) mass is 303 g/mol. The van der Waals surface area contributed by atoms with E-state index in [9.17, 15) is 9.18 Å². The zero-order chi connectivity index (χ0) is 15.4. The molecule has 0 aliphatic rings. The van der Waals surface area contributed by atoms with Gasteiger partial charge in [0.05, 0.1) is 11.3 Å². The number of anilines is 1. The second kappa shape index (κ2) is 6.76. The molecule has 0 bridgehead atoms. The van der Waals surface area contributed by atoms with Gasteiger partial charge in [0.15, 0.2) is 0 Å². The Hall–Kier alpha value is -1.81. The lowest BCUT2D eigenvalue weighted by molar-refractivity contribution is 0.102. The number of rotatable bonds is 4. The van der Waals surface area contributed by atoms with Gasteiger partial charge in [-0.25, -0.2) is 4.39 Å². The molecule has 21 heavy (non-hydrogen) atoms. The molecule has 0 aliphatic carbocycles. The molecule has 0 fully saturated rings. The first-order valence-corrected chi connectivity index (χ1v) is 7.68. The third-order valence-electron chi connectivity index (χ3n) is 2.87. The third-order valence-corrected chi connectivity index (χ3v) is 3.95. The number of hydrogen-bond donors (Lipinski definition) is 1. The Morgan fingerprint density at radius 3 is 2.57 bits per heavy atom. The van der Waals surface area contributed by atoms with Crippen LogP contribution in [-0.2, 0) is 0 Å². The van der Waals surface area contributed by atoms with Gasteiger partial charge >= 0.3 is 0 Å². The molecular formula is C17H18FNOS. The van der Waals surface area contributed by atoms with Crippen LogP contribution in [0.1, 0.15) is 29.8 Å². The van der Waals surface area contributed by atoms with E-state index in [1.54, 1.807) is 30.0 Å². The van der Waals surface area contributed by atoms with Crippen LogP contribution in [0.25, 0.3) is 0 Å². The smallest absolute Gasteiger partial charge is 0.256 e. The summed E-state index contributed by atoms with van der Waals surface area (Å²) in [6.45, 7) is 5.95. The summed E-state index contributed by atoms with van der Waals surface area (Å²) >= 11 is 1.62. The quantitative estimate of drug-likeness (QED) is 0.815. The summed E-state index contributed by atoms with van der Waals surface area (Å²) in [5.74, 6) is -0.709. The Balaban J connectivity index is 2.24. The second-order valence-electron chi connectivity index (χ2n) is 5.10. The van der Waals surface area contributed by atoms with Crippen molar-refractivity contribution >= 4 is 23.4 Å². The molecule has 0 saturated heterocycles. The summed E-state index contributed by atoms with van der Waals surface area (Å²) in [6.07, 6.45) is 0. The topological polar surface area (TPSA) is 29.1 Å². The van der Waals surface area contributed by atoms with Crippen molar-refractivity contribution in [1.82, 2.24) is 0 Å². The molecule has 0 saturated carbocycles. The first-order chi connectivity index (χ1) is 9.97. The maximum Gasteiger partial charge on any atom is 0.256 e. The normalized spacial score (nSPS) is 10.7. The fraction of sp³-hybridized carbons (Fsp3) is 0.235. The van der Waals surface area contributed by atoms with Crippen molar-refractivity contribution < 1.29 is 9.18 Å². The predicted molar refractivity (Wildman–Crippen MR) is 86.5 cm³/mol. The number of hydrogen-bond acceptors (Lipinski definition) is 2. The molecule has 2 nitrogen and oxygen atoms in total. The summed E-state index contributed by atoms with van der Waals surface area (Å²) in [7, 11) is 0. The van der Waals surface area contributed by atoms with E-state index in [1.807, 2.05) is 25.1 Å². The van der Waals surface area contributed by atoms with E-state index in [4.69, 9.17) is 0 Å². The number of thioether (sulfide) groups is 1. The average molecular weight is 303 g/mol. The van der Waals surface area contributed by atoms with Crippen LogP contribution >= 0.6 is 11.8 Å². The largest absolute Gasteiger partial charge is 0.319 e. The van der Waals surface area contributed by atoms with Crippen molar-refractivity contribution in [2.24, 2.45) is 0 Å². The van der Waals surface area contributed by atoms with E-state index in [2.05, 4.69) is 19.2 Å². The lowest BCUT2D eigenvalue weighted by Gasteiger charge is -2.12. The highest BCUT2D eigenvalue weighted by Crippen LogP contribution is 2.27. The van der Waals surface area contributed by atoms with Gasteiger partial charge in [-0.2, -0.15) is 0 Å². The van der Waals surface area contributed by atoms with Gasteiger partial charge in [0.25, 0.3) is 5.91 Å². The number of carbonyl (C=O) groups is 1. The number of aryl methyl sites for hydroxylation is 1. The Morgan fingerprint density at radius 1 is 1.19 bits per heavy atom. The van der Waals surface area contributed by atoms with E-state index in [0.29, 0.717) is 10.8 Å². The van der Waals surface area contributed by atoms with E-state index in [-0.39, 0.29) is 11.6 Å². The van der Waals surface area contributed by atoms with E-state index in [0.717, 1.165) is 10.5 Å². The SMILES string of the molecule is Cc1ccc(NC(=O)c2ccccc2SC(C)C)c(F)c1. The molecule has 110 valence electrons. The first kappa shape index (κ1) is 15.6. The van der Waals surface area contributed by atoms with Gasteiger partial charge in [-0.1, -0.05) is 32.0 Å². The third kappa shape index (κ3) is 4.08. The van der Waals surface area contributed by atoms with Crippen molar-refractivity contribution in [3.05, 3.63) is 59.4 Å². The van der Waals surface area contributed by atoms with Gasteiger partial charge in [-0.3, -0.25) is 4.79 Å². The van der Waals surface area contributed by atoms with Crippen LogP contribution in [0.2, 0.25) is 0 Å². The van der Waals surface area contributed by atoms with Gasteiger partial charge in [0.2, 0.25) is 0 Å². The van der Waals surface area contributed by atoms with Gasteiger partial charge in [0, 0.05) is 10.1 Å². The first-order valence-electron chi connectivity index (χ1n) is 6.80. The number of halogens is 1. The van der Waals surface area contributed by atoms with Crippen LogP contribution in [0.5, 0.6) is 0 Å². The fourth-order valence-corrected chi connectivity index (χ4v) is 2.87. The molecule has 2 rings (SSSR count). The number of amides is 1. The molecule has 1 amide bonds. The minimum absolute atomic E-state index is 0.204. The van der Waals surface area contributed by atoms with Crippen molar-refractivity contribution in [3.63, 3.8) is 0 Å². The van der Waals surface area contributed by atoms with Crippen LogP contribution in [0.3, 0.4) is 0 Å². The van der Waals surface area contributed by atoms with Crippen LogP contribution in [0.15, 0.2) is 47.4 Å². The number of nitrogens with one attached hydrogen (secondary N) is 1. The Bertz CT molecular complexity index is 655. The zero-order valence-corrected chi connectivity index (χ0v) is 13.1. The maximum atomic E-state index is 13.8. The van der Waals surface area contributed by atoms with Crippen molar-refractivity contribution in [2.75, 3.05) is 5.32 Å². The Labute approximate surface area is 128 Å². The lowest BCUT2D eigenvalue weighted by atomic mass is 10.2. The predicted octanol–water partition coefficient (Wildman–Crippen LogP) is 4.89. The van der Waals surface area contributed by atoms with Crippen molar-refractivity contribution in [3.8, 4) is 0 Å². The summed E-state index contributed by atoms with van der Waals surface area (Å²) < 4.78 is 13.8. The van der Waals surface area contributed by atoms with Crippen LogP contribution in [0, 0.1) is 12.7 Å². The highest BCUT2D eigenvalue weighted by Gasteiger charge is 2.14. The van der Waals surface area contributed by atoms with E-state index >= 15 is 0 Å².